The molecule has 0 aliphatic carbocycles. The minimum absolute atomic E-state index is 0.0929. The Morgan fingerprint density at radius 1 is 1.22 bits per heavy atom. The molecule has 0 bridgehead atoms. The molecule has 0 N–H and O–H groups in total. The van der Waals surface area contributed by atoms with Crippen molar-refractivity contribution in [2.75, 3.05) is 11.4 Å². The molecule has 2 saturated heterocycles. The van der Waals surface area contributed by atoms with Crippen molar-refractivity contribution in [3.63, 3.8) is 0 Å². The molecule has 0 spiro atoms. The van der Waals surface area contributed by atoms with Crippen LogP contribution in [0.2, 0.25) is 0 Å². The summed E-state index contributed by atoms with van der Waals surface area (Å²) in [6, 6.07) is 5.42. The predicted octanol–water partition coefficient (Wildman–Crippen LogP) is 2.94. The van der Waals surface area contributed by atoms with E-state index in [2.05, 4.69) is 18.9 Å². The van der Waals surface area contributed by atoms with Gasteiger partial charge in [0.25, 0.3) is 5.91 Å². The number of fused-ring (bicyclic) bond motifs is 2. The Labute approximate surface area is 134 Å². The topological polar surface area (TPSA) is 58.4 Å². The van der Waals surface area contributed by atoms with Crippen LogP contribution < -0.4 is 4.90 Å². The number of hydrogen-bond donors (Lipinski definition) is 0. The van der Waals surface area contributed by atoms with Crippen LogP contribution in [0.5, 0.6) is 0 Å². The van der Waals surface area contributed by atoms with Crippen LogP contribution in [0.3, 0.4) is 0 Å². The monoisotopic (exact) mass is 312 g/mol. The first-order valence-electron chi connectivity index (χ1n) is 8.20. The SMILES string of the molecule is CC(C)n1ncc2ccc(N3C(=O)C4CCCCN4C3=O)cc21. The molecule has 2 aliphatic rings. The van der Waals surface area contributed by atoms with Crippen molar-refractivity contribution in [3.8, 4) is 0 Å². The second-order valence-corrected chi connectivity index (χ2v) is 6.59. The molecule has 2 aromatic rings. The highest BCUT2D eigenvalue weighted by molar-refractivity contribution is 6.21. The third kappa shape index (κ3) is 2.04. The maximum Gasteiger partial charge on any atom is 0.332 e. The molecule has 6 heteroatoms. The Balaban J connectivity index is 1.78. The summed E-state index contributed by atoms with van der Waals surface area (Å²) in [5.41, 5.74) is 1.59. The van der Waals surface area contributed by atoms with Crippen molar-refractivity contribution in [2.45, 2.75) is 45.2 Å². The molecule has 1 aromatic carbocycles. The van der Waals surface area contributed by atoms with Crippen LogP contribution in [0.4, 0.5) is 10.5 Å². The second kappa shape index (κ2) is 5.08. The van der Waals surface area contributed by atoms with Gasteiger partial charge in [0, 0.05) is 18.0 Å². The molecule has 1 unspecified atom stereocenters. The fourth-order valence-corrected chi connectivity index (χ4v) is 3.60. The van der Waals surface area contributed by atoms with Gasteiger partial charge in [-0.05, 0) is 51.3 Å². The molecular weight excluding hydrogens is 292 g/mol. The first kappa shape index (κ1) is 14.2. The molecule has 1 aromatic heterocycles. The lowest BCUT2D eigenvalue weighted by Crippen LogP contribution is -2.39. The summed E-state index contributed by atoms with van der Waals surface area (Å²) in [6.07, 6.45) is 4.57. The lowest BCUT2D eigenvalue weighted by molar-refractivity contribution is -0.120. The summed E-state index contributed by atoms with van der Waals surface area (Å²) < 4.78 is 1.91. The van der Waals surface area contributed by atoms with Crippen LogP contribution in [-0.2, 0) is 4.79 Å². The lowest BCUT2D eigenvalue weighted by atomic mass is 10.0. The van der Waals surface area contributed by atoms with E-state index in [1.807, 2.05) is 29.1 Å². The number of anilines is 1. The Bertz CT molecular complexity index is 771. The Kier molecular flexibility index (Phi) is 3.14. The van der Waals surface area contributed by atoms with Gasteiger partial charge < -0.3 is 4.90 Å². The summed E-state index contributed by atoms with van der Waals surface area (Å²) in [7, 11) is 0. The highest BCUT2D eigenvalue weighted by Crippen LogP contribution is 2.32. The van der Waals surface area contributed by atoms with Crippen LogP contribution >= 0.6 is 0 Å². The van der Waals surface area contributed by atoms with E-state index in [4.69, 9.17) is 0 Å². The Morgan fingerprint density at radius 3 is 2.78 bits per heavy atom. The van der Waals surface area contributed by atoms with E-state index in [0.717, 1.165) is 30.2 Å². The number of benzene rings is 1. The van der Waals surface area contributed by atoms with Gasteiger partial charge in [-0.25, -0.2) is 9.69 Å². The number of piperidine rings is 1. The fraction of sp³-hybridized carbons (Fsp3) is 0.471. The molecule has 0 radical (unpaired) electrons. The maximum absolute atomic E-state index is 12.7. The van der Waals surface area contributed by atoms with Crippen LogP contribution in [-0.4, -0.2) is 39.2 Å². The third-order valence-corrected chi connectivity index (χ3v) is 4.77. The zero-order chi connectivity index (χ0) is 16.1. The van der Waals surface area contributed by atoms with E-state index >= 15 is 0 Å². The predicted molar refractivity (Wildman–Crippen MR) is 87.3 cm³/mol. The third-order valence-electron chi connectivity index (χ3n) is 4.77. The van der Waals surface area contributed by atoms with E-state index < -0.39 is 0 Å². The van der Waals surface area contributed by atoms with Gasteiger partial charge in [-0.1, -0.05) is 0 Å². The largest absolute Gasteiger partial charge is 0.332 e. The lowest BCUT2D eigenvalue weighted by Gasteiger charge is -2.25. The number of carbonyl (C=O) groups excluding carboxylic acids is 2. The molecule has 23 heavy (non-hydrogen) atoms. The van der Waals surface area contributed by atoms with Gasteiger partial charge in [-0.2, -0.15) is 5.10 Å². The molecular formula is C17H20N4O2. The van der Waals surface area contributed by atoms with Crippen molar-refractivity contribution >= 4 is 28.5 Å². The standard InChI is InChI=1S/C17H20N4O2/c1-11(2)21-15-9-13(7-6-12(15)10-18-21)20-16(22)14-5-3-4-8-19(14)17(20)23/h6-7,9-11,14H,3-5,8H2,1-2H3. The molecule has 3 heterocycles. The summed E-state index contributed by atoms with van der Waals surface area (Å²) >= 11 is 0. The highest BCUT2D eigenvalue weighted by Gasteiger charge is 2.46. The number of amides is 3. The molecule has 4 rings (SSSR count). The Morgan fingerprint density at radius 2 is 2.04 bits per heavy atom. The van der Waals surface area contributed by atoms with Crippen molar-refractivity contribution in [3.05, 3.63) is 24.4 Å². The van der Waals surface area contributed by atoms with Crippen molar-refractivity contribution in [1.82, 2.24) is 14.7 Å². The van der Waals surface area contributed by atoms with Gasteiger partial charge in [0.05, 0.1) is 17.4 Å². The van der Waals surface area contributed by atoms with Gasteiger partial charge in [0.15, 0.2) is 0 Å². The van der Waals surface area contributed by atoms with Crippen LogP contribution in [0.1, 0.15) is 39.2 Å². The van der Waals surface area contributed by atoms with Gasteiger partial charge in [0.1, 0.15) is 6.04 Å². The van der Waals surface area contributed by atoms with Crippen molar-refractivity contribution in [1.29, 1.82) is 0 Å². The normalized spacial score (nSPS) is 21.6. The van der Waals surface area contributed by atoms with E-state index in [9.17, 15) is 9.59 Å². The average molecular weight is 312 g/mol. The minimum Gasteiger partial charge on any atom is -0.312 e. The number of hydrogen-bond acceptors (Lipinski definition) is 3. The molecule has 6 nitrogen and oxygen atoms in total. The molecule has 0 saturated carbocycles. The van der Waals surface area contributed by atoms with Crippen molar-refractivity contribution in [2.24, 2.45) is 0 Å². The first-order chi connectivity index (χ1) is 11.1. The van der Waals surface area contributed by atoms with Gasteiger partial charge in [-0.3, -0.25) is 9.48 Å². The number of aromatic nitrogens is 2. The van der Waals surface area contributed by atoms with Gasteiger partial charge in [-0.15, -0.1) is 0 Å². The van der Waals surface area contributed by atoms with Gasteiger partial charge in [0.2, 0.25) is 0 Å². The average Bonchev–Trinajstić information content (AvgIpc) is 3.07. The van der Waals surface area contributed by atoms with E-state index in [1.165, 1.54) is 4.90 Å². The van der Waals surface area contributed by atoms with Crippen LogP contribution in [0.15, 0.2) is 24.4 Å². The van der Waals surface area contributed by atoms with Crippen LogP contribution in [0.25, 0.3) is 10.9 Å². The smallest absolute Gasteiger partial charge is 0.312 e. The molecule has 1 atom stereocenters. The summed E-state index contributed by atoms with van der Waals surface area (Å²) in [5.74, 6) is -0.0929. The zero-order valence-electron chi connectivity index (χ0n) is 13.4. The summed E-state index contributed by atoms with van der Waals surface area (Å²) in [6.45, 7) is 4.80. The van der Waals surface area contributed by atoms with Gasteiger partial charge >= 0.3 is 6.03 Å². The first-order valence-corrected chi connectivity index (χ1v) is 8.20. The molecule has 3 amide bonds. The van der Waals surface area contributed by atoms with Crippen LogP contribution in [0, 0.1) is 0 Å². The maximum atomic E-state index is 12.7. The second-order valence-electron chi connectivity index (χ2n) is 6.59. The highest BCUT2D eigenvalue weighted by atomic mass is 16.2. The minimum atomic E-state index is -0.276. The van der Waals surface area contributed by atoms with E-state index in [1.54, 1.807) is 4.90 Å². The summed E-state index contributed by atoms with van der Waals surface area (Å²) in [5, 5.41) is 5.40. The summed E-state index contributed by atoms with van der Waals surface area (Å²) in [4.78, 5) is 28.4. The molecule has 2 aliphatic heterocycles. The molecule has 120 valence electrons. The number of rotatable bonds is 2. The number of nitrogens with zero attached hydrogens (tertiary/aromatic N) is 4. The molecule has 2 fully saturated rings. The Hall–Kier alpha value is -2.37. The number of urea groups is 1. The van der Waals surface area contributed by atoms with Crippen molar-refractivity contribution < 1.29 is 9.59 Å². The van der Waals surface area contributed by atoms with E-state index in [-0.39, 0.29) is 24.0 Å². The quantitative estimate of drug-likeness (QED) is 0.801. The zero-order valence-corrected chi connectivity index (χ0v) is 13.4. The number of carbonyl (C=O) groups is 2. The van der Waals surface area contributed by atoms with E-state index in [0.29, 0.717) is 12.2 Å². The number of imide groups is 1. The fourth-order valence-electron chi connectivity index (χ4n) is 3.60.